The first-order chi connectivity index (χ1) is 5.54. The fraction of sp³-hybridized carbons (Fsp3) is 0. The first-order valence-corrected chi connectivity index (χ1v) is 2.53. The van der Waals surface area contributed by atoms with Crippen molar-refractivity contribution in [2.24, 2.45) is 21.8 Å². The van der Waals surface area contributed by atoms with E-state index in [0.29, 0.717) is 12.4 Å². The third-order valence-electron chi connectivity index (χ3n) is 0.370. The quantitative estimate of drug-likeness (QED) is 0.146. The Kier molecular flexibility index (Phi) is 9.28. The molecule has 0 aliphatic heterocycles. The number of oxime groups is 2. The molecule has 0 aromatic carbocycles. The number of carbonyl (C=O) groups excluding carboxylic acids is 1. The van der Waals surface area contributed by atoms with E-state index in [2.05, 4.69) is 21.8 Å². The molecule has 0 radical (unpaired) electrons. The molecule has 0 rings (SSSR count). The van der Waals surface area contributed by atoms with Gasteiger partial charge in [0.1, 0.15) is 12.4 Å². The highest BCUT2D eigenvalue weighted by Crippen LogP contribution is 1.58. The van der Waals surface area contributed by atoms with E-state index in [1.807, 2.05) is 0 Å². The minimum Gasteiger partial charge on any atom is -0.411 e. The molecule has 0 unspecified atom stereocenters. The number of carbonyl (C=O) groups is 1. The molecule has 68 valence electrons. The number of hydrogen-bond donors (Lipinski definition) is 5. The average Bonchev–Trinajstić information content (AvgIpc) is 1.87. The molecule has 0 amide bonds. The summed E-state index contributed by atoms with van der Waals surface area (Å²) in [6.07, 6.45) is 1.22. The molecule has 0 saturated heterocycles. The Morgan fingerprint density at radius 3 is 1.67 bits per heavy atom. The number of guanidine groups is 1. The number of nitrogens with two attached hydrogens (primary N) is 2. The van der Waals surface area contributed by atoms with Crippen LogP contribution in [0, 0.1) is 5.41 Å². The van der Waals surface area contributed by atoms with Gasteiger partial charge in [-0.15, -0.1) is 0 Å². The standard InChI is InChI=1S/C3H4N2O3.CH5N3/c6-3(1-4-7)2-5-8;2-1(3)4/h1-2,7-8H;(H5,2,3,4)/b4-1-,5-2+;. The zero-order valence-electron chi connectivity index (χ0n) is 6.01. The van der Waals surface area contributed by atoms with Gasteiger partial charge in [-0.1, -0.05) is 10.3 Å². The second-order valence-electron chi connectivity index (χ2n) is 1.35. The lowest BCUT2D eigenvalue weighted by Gasteiger charge is -1.72. The van der Waals surface area contributed by atoms with E-state index in [1.165, 1.54) is 0 Å². The Labute approximate surface area is 67.7 Å². The smallest absolute Gasteiger partial charge is 0.221 e. The number of nitrogens with zero attached hydrogens (tertiary/aromatic N) is 2. The minimum atomic E-state index is -0.671. The van der Waals surface area contributed by atoms with Crippen molar-refractivity contribution in [3.05, 3.63) is 0 Å². The van der Waals surface area contributed by atoms with E-state index in [4.69, 9.17) is 15.8 Å². The van der Waals surface area contributed by atoms with Crippen LogP contribution in [-0.2, 0) is 4.79 Å². The highest BCUT2D eigenvalue weighted by atomic mass is 16.4. The Morgan fingerprint density at radius 1 is 1.25 bits per heavy atom. The molecular formula is C4H9N5O3. The third-order valence-corrected chi connectivity index (χ3v) is 0.370. The summed E-state index contributed by atoms with van der Waals surface area (Å²) in [6.45, 7) is 0. The largest absolute Gasteiger partial charge is 0.411 e. The lowest BCUT2D eigenvalue weighted by Crippen LogP contribution is -2.20. The average molecular weight is 175 g/mol. The second kappa shape index (κ2) is 8.88. The van der Waals surface area contributed by atoms with Crippen LogP contribution in [0.2, 0.25) is 0 Å². The predicted octanol–water partition coefficient (Wildman–Crippen LogP) is -1.69. The summed E-state index contributed by atoms with van der Waals surface area (Å²) >= 11 is 0. The van der Waals surface area contributed by atoms with E-state index in [-0.39, 0.29) is 5.96 Å². The molecule has 8 heteroatoms. The summed E-state index contributed by atoms with van der Waals surface area (Å²) in [5.74, 6) is -1.00. The van der Waals surface area contributed by atoms with Crippen molar-refractivity contribution >= 4 is 24.2 Å². The predicted molar refractivity (Wildman–Crippen MR) is 41.7 cm³/mol. The first kappa shape index (κ1) is 12.5. The van der Waals surface area contributed by atoms with Gasteiger partial charge in [0, 0.05) is 0 Å². The van der Waals surface area contributed by atoms with Crippen LogP contribution in [0.25, 0.3) is 0 Å². The van der Waals surface area contributed by atoms with Gasteiger partial charge in [0.25, 0.3) is 0 Å². The van der Waals surface area contributed by atoms with E-state index < -0.39 is 5.78 Å². The number of rotatable bonds is 2. The van der Waals surface area contributed by atoms with Crippen molar-refractivity contribution in [2.75, 3.05) is 0 Å². The van der Waals surface area contributed by atoms with Gasteiger partial charge in [0.15, 0.2) is 5.96 Å². The topological polar surface area (TPSA) is 158 Å². The third kappa shape index (κ3) is 24.8. The Morgan fingerprint density at radius 2 is 1.50 bits per heavy atom. The molecule has 7 N–H and O–H groups in total. The molecule has 0 aromatic heterocycles. The second-order valence-corrected chi connectivity index (χ2v) is 1.35. The zero-order chi connectivity index (χ0) is 9.98. The number of Topliss-reactive ketones (excluding diaryl/α,β-unsaturated/α-hetero) is 1. The van der Waals surface area contributed by atoms with Crippen molar-refractivity contribution in [3.8, 4) is 0 Å². The van der Waals surface area contributed by atoms with Crippen LogP contribution < -0.4 is 11.5 Å². The van der Waals surface area contributed by atoms with Crippen molar-refractivity contribution in [1.82, 2.24) is 0 Å². The number of hydrogen-bond acceptors (Lipinski definition) is 6. The van der Waals surface area contributed by atoms with E-state index in [9.17, 15) is 4.79 Å². The SMILES string of the molecule is N=C(N)N.O=C(/C=N\O)/C=N/O. The van der Waals surface area contributed by atoms with Crippen molar-refractivity contribution in [2.45, 2.75) is 0 Å². The Balaban J connectivity index is 0. The summed E-state index contributed by atoms with van der Waals surface area (Å²) in [4.78, 5) is 10.0. The van der Waals surface area contributed by atoms with Gasteiger partial charge in [0.05, 0.1) is 0 Å². The van der Waals surface area contributed by atoms with Crippen molar-refractivity contribution < 1.29 is 15.2 Å². The number of ketones is 1. The summed E-state index contributed by atoms with van der Waals surface area (Å²) in [7, 11) is 0. The summed E-state index contributed by atoms with van der Waals surface area (Å²) in [5, 5.41) is 26.1. The first-order valence-electron chi connectivity index (χ1n) is 2.53. The molecule has 0 saturated carbocycles. The van der Waals surface area contributed by atoms with Gasteiger partial charge in [-0.05, 0) is 0 Å². The van der Waals surface area contributed by atoms with Crippen LogP contribution >= 0.6 is 0 Å². The highest BCUT2D eigenvalue weighted by molar-refractivity contribution is 6.52. The van der Waals surface area contributed by atoms with E-state index >= 15 is 0 Å². The maximum atomic E-state index is 10.0. The maximum Gasteiger partial charge on any atom is 0.221 e. The molecule has 0 atom stereocenters. The molecule has 8 nitrogen and oxygen atoms in total. The van der Waals surface area contributed by atoms with Crippen LogP contribution in [0.3, 0.4) is 0 Å². The summed E-state index contributed by atoms with van der Waals surface area (Å²) < 4.78 is 0. The Hall–Kier alpha value is -2.12. The Bertz CT molecular complexity index is 181. The van der Waals surface area contributed by atoms with Gasteiger partial charge in [-0.2, -0.15) is 0 Å². The molecule has 0 aliphatic carbocycles. The molecule has 0 fully saturated rings. The van der Waals surface area contributed by atoms with Gasteiger partial charge >= 0.3 is 0 Å². The van der Waals surface area contributed by atoms with Crippen LogP contribution in [0.4, 0.5) is 0 Å². The fourth-order valence-corrected chi connectivity index (χ4v) is 0.147. The zero-order valence-corrected chi connectivity index (χ0v) is 6.01. The van der Waals surface area contributed by atoms with E-state index in [0.717, 1.165) is 0 Å². The summed E-state index contributed by atoms with van der Waals surface area (Å²) in [6, 6.07) is 0. The molecular weight excluding hydrogens is 166 g/mol. The van der Waals surface area contributed by atoms with Gasteiger partial charge < -0.3 is 21.9 Å². The maximum absolute atomic E-state index is 10.0. The molecule has 0 heterocycles. The van der Waals surface area contributed by atoms with Crippen molar-refractivity contribution in [1.29, 1.82) is 5.41 Å². The van der Waals surface area contributed by atoms with E-state index in [1.54, 1.807) is 0 Å². The lowest BCUT2D eigenvalue weighted by atomic mass is 10.5. The fourth-order valence-electron chi connectivity index (χ4n) is 0.147. The van der Waals surface area contributed by atoms with Crippen LogP contribution in [0.1, 0.15) is 0 Å². The van der Waals surface area contributed by atoms with Crippen LogP contribution in [0.15, 0.2) is 10.3 Å². The molecule has 0 bridgehead atoms. The summed E-state index contributed by atoms with van der Waals surface area (Å²) in [5.41, 5.74) is 8.94. The van der Waals surface area contributed by atoms with Crippen molar-refractivity contribution in [3.63, 3.8) is 0 Å². The molecule has 12 heavy (non-hydrogen) atoms. The minimum absolute atomic E-state index is 0.333. The van der Waals surface area contributed by atoms with Crippen LogP contribution in [0.5, 0.6) is 0 Å². The highest BCUT2D eigenvalue weighted by Gasteiger charge is 1.87. The van der Waals surface area contributed by atoms with Gasteiger partial charge in [-0.25, -0.2) is 0 Å². The monoisotopic (exact) mass is 175 g/mol. The molecule has 0 aliphatic rings. The van der Waals surface area contributed by atoms with Gasteiger partial charge in [0.2, 0.25) is 5.78 Å². The molecule has 0 spiro atoms. The normalized spacial score (nSPS) is 9.33. The van der Waals surface area contributed by atoms with Gasteiger partial charge in [-0.3, -0.25) is 10.2 Å². The number of nitrogens with one attached hydrogen (secondary N) is 1. The van der Waals surface area contributed by atoms with Crippen LogP contribution in [-0.4, -0.2) is 34.6 Å². The lowest BCUT2D eigenvalue weighted by molar-refractivity contribution is -0.106. The molecule has 0 aromatic rings.